The Morgan fingerprint density at radius 2 is 2.04 bits per heavy atom. The predicted octanol–water partition coefficient (Wildman–Crippen LogP) is 3.44. The molecule has 1 aromatic carbocycles. The topological polar surface area (TPSA) is 86.4 Å². The van der Waals surface area contributed by atoms with Gasteiger partial charge in [-0.15, -0.1) is 0 Å². The highest BCUT2D eigenvalue weighted by molar-refractivity contribution is 5.91. The van der Waals surface area contributed by atoms with E-state index < -0.39 is 5.76 Å². The number of amides is 1. The van der Waals surface area contributed by atoms with E-state index >= 15 is 0 Å². The van der Waals surface area contributed by atoms with Crippen molar-refractivity contribution in [2.75, 3.05) is 12.4 Å². The molecule has 25 heavy (non-hydrogen) atoms. The van der Waals surface area contributed by atoms with Crippen LogP contribution < -0.4 is 15.8 Å². The normalized spacial score (nSPS) is 10.7. The van der Waals surface area contributed by atoms with Gasteiger partial charge in [-0.25, -0.2) is 4.79 Å². The van der Waals surface area contributed by atoms with Crippen molar-refractivity contribution in [2.45, 2.75) is 52.4 Å². The molecule has 0 atom stereocenters. The Morgan fingerprint density at radius 3 is 2.68 bits per heavy atom. The highest BCUT2D eigenvalue weighted by Crippen LogP contribution is 2.19. The van der Waals surface area contributed by atoms with Crippen LogP contribution in [0.3, 0.4) is 0 Å². The Balaban J connectivity index is 1.98. The van der Waals surface area contributed by atoms with Crippen LogP contribution in [-0.2, 0) is 4.79 Å². The van der Waals surface area contributed by atoms with E-state index in [0.29, 0.717) is 12.1 Å². The van der Waals surface area contributed by atoms with Crippen molar-refractivity contribution in [3.8, 4) is 11.8 Å². The lowest BCUT2D eigenvalue weighted by atomic mass is 10.1. The summed E-state index contributed by atoms with van der Waals surface area (Å²) in [6.07, 6.45) is 5.99. The number of anilines is 1. The third-order valence-electron chi connectivity index (χ3n) is 3.94. The van der Waals surface area contributed by atoms with Crippen molar-refractivity contribution in [1.82, 2.24) is 9.78 Å². The monoisotopic (exact) mass is 347 g/mol. The molecule has 136 valence electrons. The molecule has 2 rings (SSSR count). The number of aryl methyl sites for hydroxylation is 1. The van der Waals surface area contributed by atoms with Gasteiger partial charge in [-0.1, -0.05) is 37.7 Å². The second kappa shape index (κ2) is 9.05. The minimum Gasteiger partial charge on any atom is -0.452 e. The summed E-state index contributed by atoms with van der Waals surface area (Å²) in [7, 11) is 1.38. The van der Waals surface area contributed by atoms with Crippen LogP contribution in [0.25, 0.3) is 5.69 Å². The number of hydrogen-bond acceptors (Lipinski definition) is 5. The third-order valence-corrected chi connectivity index (χ3v) is 3.94. The summed E-state index contributed by atoms with van der Waals surface area (Å²) in [5.41, 5.74) is 2.11. The molecular formula is C18H25N3O4. The van der Waals surface area contributed by atoms with E-state index in [1.54, 1.807) is 18.2 Å². The first kappa shape index (κ1) is 18.8. The first-order chi connectivity index (χ1) is 12.0. The van der Waals surface area contributed by atoms with E-state index in [0.717, 1.165) is 28.8 Å². The molecule has 0 unspecified atom stereocenters. The van der Waals surface area contributed by atoms with Crippen LogP contribution in [0.2, 0.25) is 0 Å². The molecule has 0 aliphatic heterocycles. The maximum Gasteiger partial charge on any atom is 0.444 e. The second-order valence-electron chi connectivity index (χ2n) is 5.96. The first-order valence-corrected chi connectivity index (χ1v) is 8.60. The lowest BCUT2D eigenvalue weighted by molar-refractivity contribution is -0.116. The lowest BCUT2D eigenvalue weighted by Gasteiger charge is -2.10. The molecule has 1 heterocycles. The molecule has 7 heteroatoms. The standard InChI is InChI=1S/C18H25N3O4/c1-4-5-6-7-8-9-16(22)19-15-11-10-14(12-13(15)2)21-18(23)25-17(20-21)24-3/h10-12H,4-9H2,1-3H3,(H,19,22). The fraction of sp³-hybridized carbons (Fsp3) is 0.500. The van der Waals surface area contributed by atoms with Gasteiger partial charge in [0.25, 0.3) is 0 Å². The zero-order valence-electron chi connectivity index (χ0n) is 15.0. The van der Waals surface area contributed by atoms with E-state index in [4.69, 9.17) is 9.15 Å². The van der Waals surface area contributed by atoms with Gasteiger partial charge in [0.15, 0.2) is 0 Å². The van der Waals surface area contributed by atoms with Crippen LogP contribution in [0, 0.1) is 6.92 Å². The molecule has 0 saturated heterocycles. The molecule has 0 fully saturated rings. The van der Waals surface area contributed by atoms with Crippen molar-refractivity contribution in [3.05, 3.63) is 34.3 Å². The molecule has 1 N–H and O–H groups in total. The number of benzene rings is 1. The molecule has 0 radical (unpaired) electrons. The summed E-state index contributed by atoms with van der Waals surface area (Å²) in [5.74, 6) is -0.618. The number of aromatic nitrogens is 2. The molecule has 1 aromatic heterocycles. The van der Waals surface area contributed by atoms with E-state index in [-0.39, 0.29) is 12.0 Å². The summed E-state index contributed by atoms with van der Waals surface area (Å²) >= 11 is 0. The molecule has 0 bridgehead atoms. The Hall–Kier alpha value is -2.57. The Kier molecular flexibility index (Phi) is 6.80. The maximum atomic E-state index is 12.0. The SMILES string of the molecule is CCCCCCCC(=O)Nc1ccc(-n2nc(OC)oc2=O)cc1C. The molecule has 2 aromatic rings. The van der Waals surface area contributed by atoms with Gasteiger partial charge in [0.1, 0.15) is 0 Å². The fourth-order valence-corrected chi connectivity index (χ4v) is 2.53. The zero-order valence-corrected chi connectivity index (χ0v) is 15.0. The Bertz CT molecular complexity index is 764. The average Bonchev–Trinajstić information content (AvgIpc) is 2.97. The molecule has 1 amide bonds. The van der Waals surface area contributed by atoms with Gasteiger partial charge in [0.05, 0.1) is 12.8 Å². The Labute approximate surface area is 147 Å². The molecule has 0 spiro atoms. The summed E-state index contributed by atoms with van der Waals surface area (Å²) in [4.78, 5) is 23.8. The largest absolute Gasteiger partial charge is 0.452 e. The quantitative estimate of drug-likeness (QED) is 0.702. The summed E-state index contributed by atoms with van der Waals surface area (Å²) in [5, 5.41) is 6.84. The van der Waals surface area contributed by atoms with Crippen molar-refractivity contribution in [3.63, 3.8) is 0 Å². The van der Waals surface area contributed by atoms with Gasteiger partial charge in [-0.3, -0.25) is 4.79 Å². The van der Waals surface area contributed by atoms with Crippen LogP contribution in [0.15, 0.2) is 27.4 Å². The van der Waals surface area contributed by atoms with Gasteiger partial charge in [-0.2, -0.15) is 4.68 Å². The molecule has 0 aliphatic carbocycles. The van der Waals surface area contributed by atoms with Gasteiger partial charge >= 0.3 is 11.8 Å². The number of unbranched alkanes of at least 4 members (excludes halogenated alkanes) is 4. The number of ether oxygens (including phenoxy) is 1. The summed E-state index contributed by atoms with van der Waals surface area (Å²) < 4.78 is 10.8. The van der Waals surface area contributed by atoms with Crippen LogP contribution in [0.5, 0.6) is 6.08 Å². The maximum absolute atomic E-state index is 12.0. The van der Waals surface area contributed by atoms with Gasteiger partial charge in [0, 0.05) is 12.1 Å². The van der Waals surface area contributed by atoms with Gasteiger partial charge in [0.2, 0.25) is 5.91 Å². The van der Waals surface area contributed by atoms with E-state index in [9.17, 15) is 9.59 Å². The number of nitrogens with zero attached hydrogens (tertiary/aromatic N) is 2. The fourth-order valence-electron chi connectivity index (χ4n) is 2.53. The van der Waals surface area contributed by atoms with Crippen LogP contribution >= 0.6 is 0 Å². The van der Waals surface area contributed by atoms with E-state index in [2.05, 4.69) is 17.3 Å². The minimum absolute atomic E-state index is 0.00706. The number of carbonyl (C=O) groups is 1. The van der Waals surface area contributed by atoms with Crippen LogP contribution in [-0.4, -0.2) is 22.8 Å². The number of hydrogen-bond donors (Lipinski definition) is 1. The zero-order chi connectivity index (χ0) is 18.2. The molecule has 0 saturated carbocycles. The third kappa shape index (κ3) is 5.20. The number of carbonyl (C=O) groups excluding carboxylic acids is 1. The minimum atomic E-state index is -0.625. The van der Waals surface area contributed by atoms with Crippen molar-refractivity contribution >= 4 is 11.6 Å². The first-order valence-electron chi connectivity index (χ1n) is 8.60. The smallest absolute Gasteiger partial charge is 0.444 e. The number of nitrogens with one attached hydrogen (secondary N) is 1. The number of methoxy groups -OCH3 is 1. The van der Waals surface area contributed by atoms with Crippen LogP contribution in [0.1, 0.15) is 51.0 Å². The van der Waals surface area contributed by atoms with E-state index in [1.165, 1.54) is 26.4 Å². The average molecular weight is 347 g/mol. The summed E-state index contributed by atoms with van der Waals surface area (Å²) in [6, 6.07) is 5.22. The van der Waals surface area contributed by atoms with Crippen LogP contribution in [0.4, 0.5) is 5.69 Å². The number of rotatable bonds is 9. The molecular weight excluding hydrogens is 322 g/mol. The highest BCUT2D eigenvalue weighted by atomic mass is 16.6. The lowest BCUT2D eigenvalue weighted by Crippen LogP contribution is -2.15. The molecule has 0 aliphatic rings. The van der Waals surface area contributed by atoms with Gasteiger partial charge < -0.3 is 14.5 Å². The summed E-state index contributed by atoms with van der Waals surface area (Å²) in [6.45, 7) is 4.03. The predicted molar refractivity (Wildman–Crippen MR) is 95.4 cm³/mol. The van der Waals surface area contributed by atoms with Crippen molar-refractivity contribution in [1.29, 1.82) is 0 Å². The second-order valence-corrected chi connectivity index (χ2v) is 5.96. The van der Waals surface area contributed by atoms with Gasteiger partial charge in [-0.05, 0) is 37.1 Å². The van der Waals surface area contributed by atoms with Crippen molar-refractivity contribution in [2.24, 2.45) is 0 Å². The highest BCUT2D eigenvalue weighted by Gasteiger charge is 2.12. The van der Waals surface area contributed by atoms with Crippen molar-refractivity contribution < 1.29 is 13.9 Å². The van der Waals surface area contributed by atoms with E-state index in [1.807, 2.05) is 6.92 Å². The molecule has 7 nitrogen and oxygen atoms in total. The Morgan fingerprint density at radius 1 is 1.28 bits per heavy atom.